The predicted molar refractivity (Wildman–Crippen MR) is 111 cm³/mol. The van der Waals surface area contributed by atoms with Gasteiger partial charge in [-0.2, -0.15) is 4.31 Å². The van der Waals surface area contributed by atoms with Crippen molar-refractivity contribution >= 4 is 27.5 Å². The lowest BCUT2D eigenvalue weighted by Crippen LogP contribution is -2.40. The highest BCUT2D eigenvalue weighted by molar-refractivity contribution is 7.89. The smallest absolute Gasteiger partial charge is 0.243 e. The highest BCUT2D eigenvalue weighted by atomic mass is 35.5. The van der Waals surface area contributed by atoms with E-state index in [0.29, 0.717) is 5.76 Å². The fraction of sp³-hybridized carbons (Fsp3) is 0.190. The molecule has 1 amide bonds. The predicted octanol–water partition coefficient (Wildman–Crippen LogP) is 3.89. The van der Waals surface area contributed by atoms with Gasteiger partial charge in [-0.3, -0.25) is 4.79 Å². The number of benzene rings is 2. The number of carbonyl (C=O) groups excluding carboxylic acids is 1. The molecule has 9 heteroatoms. The second kappa shape index (κ2) is 9.42. The van der Waals surface area contributed by atoms with E-state index in [4.69, 9.17) is 16.0 Å². The van der Waals surface area contributed by atoms with Crippen LogP contribution in [0.1, 0.15) is 16.9 Å². The van der Waals surface area contributed by atoms with Crippen molar-refractivity contribution in [1.82, 2.24) is 9.62 Å². The maximum atomic E-state index is 14.3. The molecule has 158 valence electrons. The number of nitrogens with zero attached hydrogens (tertiary/aromatic N) is 1. The van der Waals surface area contributed by atoms with E-state index in [0.717, 1.165) is 9.87 Å². The van der Waals surface area contributed by atoms with E-state index in [9.17, 15) is 17.6 Å². The first-order valence-corrected chi connectivity index (χ1v) is 10.9. The Labute approximate surface area is 179 Å². The lowest BCUT2D eigenvalue weighted by molar-refractivity contribution is -0.121. The molecular weight excluding hydrogens is 431 g/mol. The average molecular weight is 451 g/mol. The minimum Gasteiger partial charge on any atom is -0.467 e. The Morgan fingerprint density at radius 3 is 2.50 bits per heavy atom. The van der Waals surface area contributed by atoms with Gasteiger partial charge in [-0.05, 0) is 43.3 Å². The second-order valence-corrected chi connectivity index (χ2v) is 8.99. The number of hydrogen-bond donors (Lipinski definition) is 1. The number of halogens is 2. The van der Waals surface area contributed by atoms with Gasteiger partial charge in [0.2, 0.25) is 15.9 Å². The van der Waals surface area contributed by atoms with E-state index in [-0.39, 0.29) is 22.0 Å². The number of carbonyl (C=O) groups is 1. The van der Waals surface area contributed by atoms with Crippen LogP contribution in [0.4, 0.5) is 4.39 Å². The molecule has 0 radical (unpaired) electrons. The van der Waals surface area contributed by atoms with Gasteiger partial charge in [0, 0.05) is 17.1 Å². The molecule has 0 saturated carbocycles. The summed E-state index contributed by atoms with van der Waals surface area (Å²) in [6, 6.07) is 13.6. The van der Waals surface area contributed by atoms with Crippen LogP contribution in [0.3, 0.4) is 0 Å². The highest BCUT2D eigenvalue weighted by Gasteiger charge is 2.28. The molecule has 3 rings (SSSR count). The molecule has 0 aliphatic rings. The monoisotopic (exact) mass is 450 g/mol. The third-order valence-corrected chi connectivity index (χ3v) is 6.57. The van der Waals surface area contributed by atoms with Crippen LogP contribution in [0.15, 0.2) is 70.2 Å². The maximum absolute atomic E-state index is 14.3. The Hall–Kier alpha value is -2.68. The first-order valence-electron chi connectivity index (χ1n) is 9.06. The van der Waals surface area contributed by atoms with Gasteiger partial charge in [0.05, 0.1) is 24.2 Å². The summed E-state index contributed by atoms with van der Waals surface area (Å²) in [7, 11) is -4.09. The van der Waals surface area contributed by atoms with E-state index in [1.807, 2.05) is 6.92 Å². The molecule has 0 spiro atoms. The van der Waals surface area contributed by atoms with Gasteiger partial charge < -0.3 is 9.73 Å². The summed E-state index contributed by atoms with van der Waals surface area (Å²) in [6.07, 6.45) is 1.47. The van der Waals surface area contributed by atoms with Gasteiger partial charge in [-0.15, -0.1) is 0 Å². The Morgan fingerprint density at radius 1 is 1.13 bits per heavy atom. The van der Waals surface area contributed by atoms with Gasteiger partial charge in [0.1, 0.15) is 11.6 Å². The van der Waals surface area contributed by atoms with Gasteiger partial charge in [-0.1, -0.05) is 35.4 Å². The molecule has 0 saturated heterocycles. The minimum absolute atomic E-state index is 0.000559. The second-order valence-electron chi connectivity index (χ2n) is 6.64. The molecule has 0 aliphatic heterocycles. The van der Waals surface area contributed by atoms with Gasteiger partial charge in [-0.25, -0.2) is 12.8 Å². The first kappa shape index (κ1) is 22.0. The summed E-state index contributed by atoms with van der Waals surface area (Å²) < 4.78 is 46.8. The number of amides is 1. The molecule has 2 aromatic carbocycles. The number of sulfonamides is 1. The van der Waals surface area contributed by atoms with Crippen LogP contribution in [0.25, 0.3) is 0 Å². The zero-order valence-electron chi connectivity index (χ0n) is 16.1. The van der Waals surface area contributed by atoms with Crippen LogP contribution in [-0.4, -0.2) is 25.2 Å². The molecule has 3 aromatic rings. The quantitative estimate of drug-likeness (QED) is 0.564. The summed E-state index contributed by atoms with van der Waals surface area (Å²) in [5.74, 6) is -0.689. The van der Waals surface area contributed by atoms with Crippen molar-refractivity contribution in [3.8, 4) is 0 Å². The summed E-state index contributed by atoms with van der Waals surface area (Å²) >= 11 is 6.08. The van der Waals surface area contributed by atoms with Gasteiger partial charge in [0.15, 0.2) is 0 Å². The fourth-order valence-electron chi connectivity index (χ4n) is 2.76. The Kier molecular flexibility index (Phi) is 6.91. The third-order valence-electron chi connectivity index (χ3n) is 4.41. The Balaban J connectivity index is 1.87. The number of hydrogen-bond acceptors (Lipinski definition) is 4. The standard InChI is InChI=1S/C21H20ClFN2O4S/c1-15-7-9-17(10-8-15)30(27,28)25(13-18-19(22)5-2-6-20(18)23)14-21(26)24-12-16-4-3-11-29-16/h2-11H,12-14H2,1H3,(H,24,26). The first-order chi connectivity index (χ1) is 14.3. The Bertz CT molecular complexity index is 1100. The Morgan fingerprint density at radius 2 is 1.87 bits per heavy atom. The number of aryl methyl sites for hydroxylation is 1. The van der Waals surface area contributed by atoms with E-state index in [1.165, 1.54) is 36.6 Å². The molecular formula is C21H20ClFN2O4S. The van der Waals surface area contributed by atoms with Crippen LogP contribution >= 0.6 is 11.6 Å². The normalized spacial score (nSPS) is 11.6. The molecule has 0 unspecified atom stereocenters. The fourth-order valence-corrected chi connectivity index (χ4v) is 4.35. The van der Waals surface area contributed by atoms with Crippen molar-refractivity contribution in [3.05, 3.63) is 88.6 Å². The summed E-state index contributed by atoms with van der Waals surface area (Å²) in [4.78, 5) is 12.5. The topological polar surface area (TPSA) is 79.6 Å². The van der Waals surface area contributed by atoms with Crippen LogP contribution in [0.5, 0.6) is 0 Å². The molecule has 0 bridgehead atoms. The van der Waals surface area contributed by atoms with Gasteiger partial charge in [0.25, 0.3) is 0 Å². The van der Waals surface area contributed by atoms with Crippen molar-refractivity contribution in [3.63, 3.8) is 0 Å². The molecule has 1 heterocycles. The number of furan rings is 1. The van der Waals surface area contributed by atoms with Crippen molar-refractivity contribution < 1.29 is 22.0 Å². The van der Waals surface area contributed by atoms with E-state index < -0.39 is 34.8 Å². The van der Waals surface area contributed by atoms with Crippen LogP contribution in [0, 0.1) is 12.7 Å². The number of nitrogens with one attached hydrogen (secondary N) is 1. The SMILES string of the molecule is Cc1ccc(S(=O)(=O)N(CC(=O)NCc2ccco2)Cc2c(F)cccc2Cl)cc1. The molecule has 6 nitrogen and oxygen atoms in total. The van der Waals surface area contributed by atoms with Crippen LogP contribution in [-0.2, 0) is 27.9 Å². The van der Waals surface area contributed by atoms with Crippen molar-refractivity contribution in [1.29, 1.82) is 0 Å². The highest BCUT2D eigenvalue weighted by Crippen LogP contribution is 2.24. The lowest BCUT2D eigenvalue weighted by atomic mass is 10.2. The number of rotatable bonds is 8. The van der Waals surface area contributed by atoms with Crippen molar-refractivity contribution in [2.45, 2.75) is 24.9 Å². The van der Waals surface area contributed by atoms with Gasteiger partial charge >= 0.3 is 0 Å². The summed E-state index contributed by atoms with van der Waals surface area (Å²) in [6.45, 7) is 1.03. The summed E-state index contributed by atoms with van der Waals surface area (Å²) in [5.41, 5.74) is 0.877. The minimum atomic E-state index is -4.09. The van der Waals surface area contributed by atoms with Crippen LogP contribution in [0.2, 0.25) is 5.02 Å². The van der Waals surface area contributed by atoms with Crippen LogP contribution < -0.4 is 5.32 Å². The van der Waals surface area contributed by atoms with Crippen molar-refractivity contribution in [2.24, 2.45) is 0 Å². The van der Waals surface area contributed by atoms with E-state index in [1.54, 1.807) is 24.3 Å². The van der Waals surface area contributed by atoms with Crippen molar-refractivity contribution in [2.75, 3.05) is 6.54 Å². The third kappa shape index (κ3) is 5.27. The molecule has 0 atom stereocenters. The molecule has 1 aromatic heterocycles. The maximum Gasteiger partial charge on any atom is 0.243 e. The van der Waals surface area contributed by atoms with E-state index >= 15 is 0 Å². The molecule has 30 heavy (non-hydrogen) atoms. The lowest BCUT2D eigenvalue weighted by Gasteiger charge is -2.22. The van der Waals surface area contributed by atoms with E-state index in [2.05, 4.69) is 5.32 Å². The average Bonchev–Trinajstić information content (AvgIpc) is 3.22. The molecule has 1 N–H and O–H groups in total. The zero-order chi connectivity index (χ0) is 21.7. The zero-order valence-corrected chi connectivity index (χ0v) is 17.7. The largest absolute Gasteiger partial charge is 0.467 e. The summed E-state index contributed by atoms with van der Waals surface area (Å²) in [5, 5.41) is 2.68. The molecule has 0 fully saturated rings. The molecule has 0 aliphatic carbocycles.